The molecule has 0 radical (unpaired) electrons. The van der Waals surface area contributed by atoms with E-state index in [9.17, 15) is 9.59 Å². The minimum atomic E-state index is -0.138. The number of hydrogen-bond donors (Lipinski definition) is 0. The Morgan fingerprint density at radius 1 is 1.14 bits per heavy atom. The van der Waals surface area contributed by atoms with Gasteiger partial charge in [-0.2, -0.15) is 0 Å². The summed E-state index contributed by atoms with van der Waals surface area (Å²) in [6, 6.07) is 0. The molecular formula is C18H26O3. The van der Waals surface area contributed by atoms with Crippen molar-refractivity contribution >= 4 is 11.6 Å². The number of ether oxygens (including phenoxy) is 1. The quantitative estimate of drug-likeness (QED) is 0.519. The van der Waals surface area contributed by atoms with Crippen LogP contribution in [0.4, 0.5) is 0 Å². The zero-order valence-corrected chi connectivity index (χ0v) is 13.8. The van der Waals surface area contributed by atoms with E-state index in [0.29, 0.717) is 29.6 Å². The van der Waals surface area contributed by atoms with Crippen LogP contribution in [0.2, 0.25) is 0 Å². The van der Waals surface area contributed by atoms with Gasteiger partial charge in [0.15, 0.2) is 11.5 Å². The molecule has 0 aromatic carbocycles. The zero-order chi connectivity index (χ0) is 16.0. The maximum atomic E-state index is 12.7. The Bertz CT molecular complexity index is 519. The van der Waals surface area contributed by atoms with E-state index in [0.717, 1.165) is 19.3 Å². The molecule has 0 unspecified atom stereocenters. The fourth-order valence-electron chi connectivity index (χ4n) is 2.36. The van der Waals surface area contributed by atoms with E-state index in [2.05, 4.69) is 13.8 Å². The lowest BCUT2D eigenvalue weighted by Crippen LogP contribution is -2.24. The second-order valence-corrected chi connectivity index (χ2v) is 5.49. The first-order valence-corrected chi connectivity index (χ1v) is 7.69. The van der Waals surface area contributed by atoms with Crippen LogP contribution in [0.5, 0.6) is 0 Å². The number of allylic oxidation sites excluding steroid dienone is 5. The molecule has 21 heavy (non-hydrogen) atoms. The van der Waals surface area contributed by atoms with Crippen LogP contribution in [0.1, 0.15) is 59.8 Å². The summed E-state index contributed by atoms with van der Waals surface area (Å²) in [4.78, 5) is 25.1. The van der Waals surface area contributed by atoms with E-state index in [4.69, 9.17) is 4.74 Å². The highest BCUT2D eigenvalue weighted by molar-refractivity contribution is 6.24. The molecule has 0 aromatic rings. The Morgan fingerprint density at radius 2 is 1.81 bits per heavy atom. The SMILES string of the molecule is CCCCC1=C(OC)C(=O)C(C)=C(C/C=C(\C)CC)C1=O. The Morgan fingerprint density at radius 3 is 2.33 bits per heavy atom. The van der Waals surface area contributed by atoms with Gasteiger partial charge in [0.05, 0.1) is 7.11 Å². The fraction of sp³-hybridized carbons (Fsp3) is 0.556. The molecule has 3 heteroatoms. The third-order valence-electron chi connectivity index (χ3n) is 4.02. The lowest BCUT2D eigenvalue weighted by atomic mass is 9.84. The average molecular weight is 290 g/mol. The summed E-state index contributed by atoms with van der Waals surface area (Å²) in [5, 5.41) is 0. The number of hydrogen-bond acceptors (Lipinski definition) is 3. The van der Waals surface area contributed by atoms with Crippen LogP contribution < -0.4 is 0 Å². The average Bonchev–Trinajstić information content (AvgIpc) is 2.49. The zero-order valence-electron chi connectivity index (χ0n) is 13.8. The normalized spacial score (nSPS) is 16.9. The Hall–Kier alpha value is -1.64. The van der Waals surface area contributed by atoms with Crippen LogP contribution in [-0.4, -0.2) is 18.7 Å². The molecule has 0 aromatic heterocycles. The number of Topliss-reactive ketones (excluding diaryl/α,β-unsaturated/α-hetero) is 2. The Kier molecular flexibility index (Phi) is 6.60. The number of carbonyl (C=O) groups excluding carboxylic acids is 2. The number of ketones is 2. The summed E-state index contributed by atoms with van der Waals surface area (Å²) in [7, 11) is 1.46. The maximum absolute atomic E-state index is 12.7. The smallest absolute Gasteiger partial charge is 0.224 e. The fourth-order valence-corrected chi connectivity index (χ4v) is 2.36. The van der Waals surface area contributed by atoms with Crippen molar-refractivity contribution in [1.29, 1.82) is 0 Å². The Labute approximate surface area is 127 Å². The monoisotopic (exact) mass is 290 g/mol. The van der Waals surface area contributed by atoms with Crippen LogP contribution >= 0.6 is 0 Å². The van der Waals surface area contributed by atoms with E-state index < -0.39 is 0 Å². The van der Waals surface area contributed by atoms with Crippen LogP contribution in [0.15, 0.2) is 34.1 Å². The van der Waals surface area contributed by atoms with Gasteiger partial charge < -0.3 is 4.74 Å². The molecule has 3 nitrogen and oxygen atoms in total. The molecule has 0 saturated heterocycles. The molecule has 1 aliphatic rings. The number of rotatable bonds is 7. The topological polar surface area (TPSA) is 43.4 Å². The van der Waals surface area contributed by atoms with E-state index in [-0.39, 0.29) is 17.3 Å². The van der Waals surface area contributed by atoms with Gasteiger partial charge in [0.1, 0.15) is 0 Å². The molecular weight excluding hydrogens is 264 g/mol. The van der Waals surface area contributed by atoms with Gasteiger partial charge in [-0.05, 0) is 39.5 Å². The molecule has 0 bridgehead atoms. The van der Waals surface area contributed by atoms with Crippen LogP contribution in [-0.2, 0) is 14.3 Å². The lowest BCUT2D eigenvalue weighted by Gasteiger charge is -2.21. The highest BCUT2D eigenvalue weighted by Gasteiger charge is 2.32. The van der Waals surface area contributed by atoms with Crippen molar-refractivity contribution in [2.45, 2.75) is 59.8 Å². The van der Waals surface area contributed by atoms with Gasteiger partial charge in [-0.25, -0.2) is 0 Å². The predicted octanol–water partition coefficient (Wildman–Crippen LogP) is 4.29. The molecule has 0 aliphatic heterocycles. The minimum Gasteiger partial charge on any atom is -0.492 e. The van der Waals surface area contributed by atoms with E-state index in [1.165, 1.54) is 12.7 Å². The number of methoxy groups -OCH3 is 1. The van der Waals surface area contributed by atoms with Gasteiger partial charge >= 0.3 is 0 Å². The summed E-state index contributed by atoms with van der Waals surface area (Å²) in [6.45, 7) is 7.91. The first kappa shape index (κ1) is 17.4. The van der Waals surface area contributed by atoms with Gasteiger partial charge in [0.25, 0.3) is 0 Å². The molecule has 0 saturated carbocycles. The molecule has 0 fully saturated rings. The molecule has 0 heterocycles. The van der Waals surface area contributed by atoms with Crippen molar-refractivity contribution in [3.05, 3.63) is 34.1 Å². The first-order valence-electron chi connectivity index (χ1n) is 7.69. The van der Waals surface area contributed by atoms with Gasteiger partial charge in [-0.15, -0.1) is 0 Å². The van der Waals surface area contributed by atoms with Crippen molar-refractivity contribution in [2.24, 2.45) is 0 Å². The van der Waals surface area contributed by atoms with E-state index in [1.54, 1.807) is 6.92 Å². The van der Waals surface area contributed by atoms with Crippen molar-refractivity contribution in [1.82, 2.24) is 0 Å². The summed E-state index contributed by atoms with van der Waals surface area (Å²) in [5.74, 6) is 0.0872. The van der Waals surface area contributed by atoms with Crippen LogP contribution in [0.3, 0.4) is 0 Å². The first-order chi connectivity index (χ1) is 9.97. The third-order valence-corrected chi connectivity index (χ3v) is 4.02. The molecule has 1 rings (SSSR count). The molecule has 1 aliphatic carbocycles. The Balaban J connectivity index is 3.14. The lowest BCUT2D eigenvalue weighted by molar-refractivity contribution is -0.119. The maximum Gasteiger partial charge on any atom is 0.224 e. The summed E-state index contributed by atoms with van der Waals surface area (Å²) < 4.78 is 5.21. The standard InChI is InChI=1S/C18H26O3/c1-6-8-9-15-17(20)14(11-10-12(3)7-2)13(4)16(19)18(15)21-5/h10H,6-9,11H2,1-5H3/b12-10+. The van der Waals surface area contributed by atoms with Crippen LogP contribution in [0, 0.1) is 0 Å². The second-order valence-electron chi connectivity index (χ2n) is 5.49. The van der Waals surface area contributed by atoms with Crippen molar-refractivity contribution in [2.75, 3.05) is 7.11 Å². The van der Waals surface area contributed by atoms with Gasteiger partial charge in [-0.1, -0.05) is 31.9 Å². The molecule has 0 amide bonds. The van der Waals surface area contributed by atoms with Crippen molar-refractivity contribution in [3.63, 3.8) is 0 Å². The molecule has 0 N–H and O–H groups in total. The van der Waals surface area contributed by atoms with Crippen molar-refractivity contribution < 1.29 is 14.3 Å². The largest absolute Gasteiger partial charge is 0.492 e. The van der Waals surface area contributed by atoms with Crippen molar-refractivity contribution in [3.8, 4) is 0 Å². The number of carbonyl (C=O) groups is 2. The number of unbranched alkanes of at least 4 members (excludes halogenated alkanes) is 1. The highest BCUT2D eigenvalue weighted by atomic mass is 16.5. The van der Waals surface area contributed by atoms with Gasteiger partial charge in [0.2, 0.25) is 5.78 Å². The molecule has 0 spiro atoms. The second kappa shape index (κ2) is 7.96. The highest BCUT2D eigenvalue weighted by Crippen LogP contribution is 2.30. The van der Waals surface area contributed by atoms with Gasteiger partial charge in [0, 0.05) is 16.7 Å². The van der Waals surface area contributed by atoms with Crippen LogP contribution in [0.25, 0.3) is 0 Å². The molecule has 0 atom stereocenters. The minimum absolute atomic E-state index is 0.0162. The van der Waals surface area contributed by atoms with E-state index >= 15 is 0 Å². The summed E-state index contributed by atoms with van der Waals surface area (Å²) in [5.41, 5.74) is 2.93. The van der Waals surface area contributed by atoms with E-state index in [1.807, 2.05) is 13.0 Å². The summed E-state index contributed by atoms with van der Waals surface area (Å²) in [6.07, 6.45) is 6.00. The third kappa shape index (κ3) is 3.93. The molecule has 116 valence electrons. The van der Waals surface area contributed by atoms with Gasteiger partial charge in [-0.3, -0.25) is 9.59 Å². The predicted molar refractivity (Wildman–Crippen MR) is 84.9 cm³/mol. The summed E-state index contributed by atoms with van der Waals surface area (Å²) >= 11 is 0.